The first-order valence-corrected chi connectivity index (χ1v) is 11.4. The van der Waals surface area contributed by atoms with Crippen molar-refractivity contribution in [1.29, 1.82) is 0 Å². The molecule has 1 fully saturated rings. The molecule has 1 heterocycles. The molecule has 0 spiro atoms. The van der Waals surface area contributed by atoms with Crippen LogP contribution in [0.25, 0.3) is 20.8 Å². The monoisotopic (exact) mass is 408 g/mol. The number of carbonyl (C=O) groups is 1. The number of amides is 1. The maximum Gasteiger partial charge on any atom is 0.279 e. The lowest BCUT2D eigenvalue weighted by Gasteiger charge is -2.31. The van der Waals surface area contributed by atoms with E-state index in [1.807, 2.05) is 24.3 Å². The number of hydrogen-bond acceptors (Lipinski definition) is 3. The van der Waals surface area contributed by atoms with Crippen molar-refractivity contribution < 1.29 is 10.1 Å². The van der Waals surface area contributed by atoms with Crippen LogP contribution in [0.1, 0.15) is 38.7 Å². The van der Waals surface area contributed by atoms with Gasteiger partial charge in [-0.15, -0.1) is 11.3 Å². The topological polar surface area (TPSA) is 58.6 Å². The number of thiazole rings is 1. The van der Waals surface area contributed by atoms with E-state index >= 15 is 0 Å². The zero-order valence-corrected chi connectivity index (χ0v) is 18.3. The van der Waals surface area contributed by atoms with Crippen LogP contribution in [-0.4, -0.2) is 23.5 Å². The van der Waals surface area contributed by atoms with E-state index in [1.165, 1.54) is 29.5 Å². The molecule has 2 aromatic carbocycles. The maximum absolute atomic E-state index is 12.4. The summed E-state index contributed by atoms with van der Waals surface area (Å²) in [7, 11) is 0. The van der Waals surface area contributed by atoms with Gasteiger partial charge in [-0.1, -0.05) is 19.9 Å². The Morgan fingerprint density at radius 3 is 2.76 bits per heavy atom. The summed E-state index contributed by atoms with van der Waals surface area (Å²) in [6, 6.07) is 14.9. The van der Waals surface area contributed by atoms with Crippen LogP contribution in [0.2, 0.25) is 0 Å². The van der Waals surface area contributed by atoms with E-state index in [0.29, 0.717) is 18.5 Å². The SMILES string of the molecule is Cc1ccc2nc(-c3ccc(NC(=O)C[NH2+][C@H]4CCC[C@@H](C)[C@@H]4C)cc3)sc2c1. The Kier molecular flexibility index (Phi) is 5.97. The summed E-state index contributed by atoms with van der Waals surface area (Å²) >= 11 is 1.71. The highest BCUT2D eigenvalue weighted by atomic mass is 32.1. The summed E-state index contributed by atoms with van der Waals surface area (Å²) in [5, 5.41) is 6.27. The summed E-state index contributed by atoms with van der Waals surface area (Å²) in [6.45, 7) is 7.24. The first-order chi connectivity index (χ1) is 14.0. The molecule has 1 amide bonds. The lowest BCUT2D eigenvalue weighted by atomic mass is 9.78. The number of benzene rings is 2. The van der Waals surface area contributed by atoms with E-state index in [1.54, 1.807) is 11.3 Å². The highest BCUT2D eigenvalue weighted by Gasteiger charge is 2.29. The van der Waals surface area contributed by atoms with Gasteiger partial charge in [-0.25, -0.2) is 4.98 Å². The van der Waals surface area contributed by atoms with Crippen molar-refractivity contribution in [2.24, 2.45) is 11.8 Å². The zero-order chi connectivity index (χ0) is 20.4. The Hall–Kier alpha value is -2.24. The number of anilines is 1. The van der Waals surface area contributed by atoms with Gasteiger partial charge < -0.3 is 10.6 Å². The van der Waals surface area contributed by atoms with Crippen LogP contribution >= 0.6 is 11.3 Å². The van der Waals surface area contributed by atoms with Gasteiger partial charge in [-0.3, -0.25) is 4.79 Å². The Bertz CT molecular complexity index is 995. The number of fused-ring (bicyclic) bond motifs is 1. The predicted molar refractivity (Wildman–Crippen MR) is 121 cm³/mol. The van der Waals surface area contributed by atoms with Crippen molar-refractivity contribution in [3.63, 3.8) is 0 Å². The molecular weight excluding hydrogens is 378 g/mol. The van der Waals surface area contributed by atoms with Crippen molar-refractivity contribution in [3.8, 4) is 10.6 Å². The third-order valence-corrected chi connectivity index (χ3v) is 7.40. The van der Waals surface area contributed by atoms with Crippen LogP contribution in [0, 0.1) is 18.8 Å². The molecule has 152 valence electrons. The molecule has 0 radical (unpaired) electrons. The van der Waals surface area contributed by atoms with Crippen LogP contribution in [0.3, 0.4) is 0 Å². The Labute approximate surface area is 176 Å². The minimum absolute atomic E-state index is 0.0682. The molecule has 0 saturated heterocycles. The first-order valence-electron chi connectivity index (χ1n) is 10.6. The Morgan fingerprint density at radius 2 is 1.97 bits per heavy atom. The van der Waals surface area contributed by atoms with E-state index in [9.17, 15) is 4.79 Å². The number of aromatic nitrogens is 1. The number of nitrogens with zero attached hydrogens (tertiary/aromatic N) is 1. The second-order valence-corrected chi connectivity index (χ2v) is 9.52. The van der Waals surface area contributed by atoms with E-state index in [2.05, 4.69) is 49.6 Å². The van der Waals surface area contributed by atoms with Gasteiger partial charge in [0, 0.05) is 17.2 Å². The normalized spacial score (nSPS) is 22.0. The number of nitrogens with two attached hydrogens (primary N) is 1. The molecule has 3 aromatic rings. The van der Waals surface area contributed by atoms with E-state index in [-0.39, 0.29) is 5.91 Å². The molecule has 5 heteroatoms. The largest absolute Gasteiger partial charge is 0.336 e. The predicted octanol–water partition coefficient (Wildman–Crippen LogP) is 4.60. The molecule has 0 unspecified atom stereocenters. The number of carbonyl (C=O) groups excluding carboxylic acids is 1. The van der Waals surface area contributed by atoms with Gasteiger partial charge >= 0.3 is 0 Å². The summed E-state index contributed by atoms with van der Waals surface area (Å²) in [5.74, 6) is 1.50. The molecule has 0 bridgehead atoms. The van der Waals surface area contributed by atoms with Gasteiger partial charge in [-0.05, 0) is 74.1 Å². The smallest absolute Gasteiger partial charge is 0.279 e. The van der Waals surface area contributed by atoms with Crippen LogP contribution in [-0.2, 0) is 4.79 Å². The van der Waals surface area contributed by atoms with Crippen molar-refractivity contribution in [2.75, 3.05) is 11.9 Å². The van der Waals surface area contributed by atoms with Crippen LogP contribution < -0.4 is 10.6 Å². The van der Waals surface area contributed by atoms with Crippen molar-refractivity contribution in [2.45, 2.75) is 46.1 Å². The number of hydrogen-bond donors (Lipinski definition) is 2. The molecular formula is C24H30N3OS+. The fraction of sp³-hybridized carbons (Fsp3) is 0.417. The van der Waals surface area contributed by atoms with Gasteiger partial charge in [0.15, 0.2) is 6.54 Å². The van der Waals surface area contributed by atoms with Gasteiger partial charge in [0.2, 0.25) is 0 Å². The molecule has 3 atom stereocenters. The maximum atomic E-state index is 12.4. The number of aryl methyl sites for hydroxylation is 1. The molecule has 1 aliphatic carbocycles. The van der Waals surface area contributed by atoms with E-state index in [4.69, 9.17) is 4.98 Å². The standard InChI is InChI=1S/C24H29N3OS/c1-15-7-12-21-22(13-15)29-24(27-21)18-8-10-19(11-9-18)26-23(28)14-25-20-6-4-5-16(2)17(20)3/h7-13,16-17,20,25H,4-6,14H2,1-3H3,(H,26,28)/p+1/t16-,17+,20+/m1/s1. The minimum Gasteiger partial charge on any atom is -0.336 e. The van der Waals surface area contributed by atoms with Gasteiger partial charge in [0.25, 0.3) is 5.91 Å². The quantitative estimate of drug-likeness (QED) is 0.648. The molecule has 29 heavy (non-hydrogen) atoms. The molecule has 4 nitrogen and oxygen atoms in total. The summed E-state index contributed by atoms with van der Waals surface area (Å²) in [6.07, 6.45) is 3.81. The molecule has 1 saturated carbocycles. The van der Waals surface area contributed by atoms with Crippen molar-refractivity contribution >= 4 is 33.1 Å². The van der Waals surface area contributed by atoms with Crippen LogP contribution in [0.4, 0.5) is 5.69 Å². The molecule has 0 aliphatic heterocycles. The van der Waals surface area contributed by atoms with E-state index < -0.39 is 0 Å². The lowest BCUT2D eigenvalue weighted by molar-refractivity contribution is -0.688. The molecule has 3 N–H and O–H groups in total. The summed E-state index contributed by atoms with van der Waals surface area (Å²) in [4.78, 5) is 17.1. The second-order valence-electron chi connectivity index (χ2n) is 8.49. The number of nitrogens with one attached hydrogen (secondary N) is 1. The van der Waals surface area contributed by atoms with Crippen LogP contribution in [0.5, 0.6) is 0 Å². The Balaban J connectivity index is 1.35. The number of quaternary nitrogens is 1. The average molecular weight is 409 g/mol. The van der Waals surface area contributed by atoms with Gasteiger partial charge in [0.1, 0.15) is 5.01 Å². The third kappa shape index (κ3) is 4.68. The fourth-order valence-corrected chi connectivity index (χ4v) is 5.35. The average Bonchev–Trinajstić information content (AvgIpc) is 3.13. The third-order valence-electron chi connectivity index (χ3n) is 6.34. The zero-order valence-electron chi connectivity index (χ0n) is 17.4. The highest BCUT2D eigenvalue weighted by molar-refractivity contribution is 7.21. The molecule has 1 aromatic heterocycles. The number of rotatable bonds is 5. The van der Waals surface area contributed by atoms with E-state index in [0.717, 1.165) is 27.7 Å². The van der Waals surface area contributed by atoms with Crippen LogP contribution in [0.15, 0.2) is 42.5 Å². The van der Waals surface area contributed by atoms with Crippen molar-refractivity contribution in [3.05, 3.63) is 48.0 Å². The highest BCUT2D eigenvalue weighted by Crippen LogP contribution is 2.31. The lowest BCUT2D eigenvalue weighted by Crippen LogP contribution is -2.93. The van der Waals surface area contributed by atoms with Crippen molar-refractivity contribution in [1.82, 2.24) is 4.98 Å². The summed E-state index contributed by atoms with van der Waals surface area (Å²) in [5.41, 5.74) is 4.21. The van der Waals surface area contributed by atoms with Gasteiger partial charge in [-0.2, -0.15) is 0 Å². The second kappa shape index (κ2) is 8.64. The summed E-state index contributed by atoms with van der Waals surface area (Å²) < 4.78 is 1.21. The molecule has 4 rings (SSSR count). The minimum atomic E-state index is 0.0682. The Morgan fingerprint density at radius 1 is 1.17 bits per heavy atom. The van der Waals surface area contributed by atoms with Gasteiger partial charge in [0.05, 0.1) is 16.3 Å². The first kappa shape index (κ1) is 20.0. The fourth-order valence-electron chi connectivity index (χ4n) is 4.28. The molecule has 1 aliphatic rings.